The maximum Gasteiger partial charge on any atom is 0.417 e. The second kappa shape index (κ2) is 5.62. The maximum atomic E-state index is 12.9. The van der Waals surface area contributed by atoms with E-state index >= 15 is 0 Å². The molecule has 1 heterocycles. The highest BCUT2D eigenvalue weighted by atomic mass is 32.1. The number of esters is 1. The van der Waals surface area contributed by atoms with Gasteiger partial charge in [0.15, 0.2) is 0 Å². The van der Waals surface area contributed by atoms with Crippen molar-refractivity contribution in [3.63, 3.8) is 0 Å². The number of hydrogen-bond acceptors (Lipinski definition) is 4. The number of rotatable bonds is 3. The van der Waals surface area contributed by atoms with Gasteiger partial charge in [-0.25, -0.2) is 4.98 Å². The lowest BCUT2D eigenvalue weighted by atomic mass is 10.1. The number of alkyl halides is 3. The first-order valence-corrected chi connectivity index (χ1v) is 6.47. The van der Waals surface area contributed by atoms with E-state index < -0.39 is 17.7 Å². The lowest BCUT2D eigenvalue weighted by molar-refractivity contribution is -0.140. The Hall–Kier alpha value is -1.89. The minimum absolute atomic E-state index is 0.0149. The molecule has 0 saturated heterocycles. The van der Waals surface area contributed by atoms with Crippen molar-refractivity contribution in [1.29, 1.82) is 0 Å². The first-order chi connectivity index (χ1) is 9.41. The van der Waals surface area contributed by atoms with Gasteiger partial charge in [-0.05, 0) is 6.07 Å². The number of thiazole rings is 1. The van der Waals surface area contributed by atoms with Crippen molar-refractivity contribution in [3.05, 3.63) is 40.9 Å². The lowest BCUT2D eigenvalue weighted by Gasteiger charge is -2.10. The Balaban J connectivity index is 2.36. The lowest BCUT2D eigenvalue weighted by Crippen LogP contribution is -2.07. The average Bonchev–Trinajstić information content (AvgIpc) is 2.86. The average molecular weight is 301 g/mol. The molecule has 0 unspecified atom stereocenters. The molecule has 0 aliphatic heterocycles. The van der Waals surface area contributed by atoms with Crippen molar-refractivity contribution in [2.24, 2.45) is 0 Å². The molecule has 0 saturated carbocycles. The monoisotopic (exact) mass is 301 g/mol. The molecule has 0 fully saturated rings. The zero-order valence-corrected chi connectivity index (χ0v) is 11.2. The molecule has 1 aromatic heterocycles. The van der Waals surface area contributed by atoms with Gasteiger partial charge in [-0.15, -0.1) is 11.3 Å². The van der Waals surface area contributed by atoms with E-state index in [0.29, 0.717) is 5.69 Å². The Labute approximate surface area is 117 Å². The second-order valence-electron chi connectivity index (χ2n) is 3.94. The Kier molecular flexibility index (Phi) is 4.08. The first-order valence-electron chi connectivity index (χ1n) is 5.59. The molecule has 2 aromatic rings. The summed E-state index contributed by atoms with van der Waals surface area (Å²) in [6.45, 7) is 0. The van der Waals surface area contributed by atoms with E-state index in [-0.39, 0.29) is 17.0 Å². The number of nitrogens with zero attached hydrogens (tertiary/aromatic N) is 1. The van der Waals surface area contributed by atoms with Gasteiger partial charge in [-0.3, -0.25) is 4.79 Å². The molecule has 1 aromatic carbocycles. The van der Waals surface area contributed by atoms with E-state index in [1.807, 2.05) is 0 Å². The third-order valence-electron chi connectivity index (χ3n) is 2.57. The first kappa shape index (κ1) is 14.5. The molecule has 7 heteroatoms. The third-order valence-corrected chi connectivity index (χ3v) is 3.49. The topological polar surface area (TPSA) is 39.2 Å². The van der Waals surface area contributed by atoms with Crippen LogP contribution in [0.25, 0.3) is 10.6 Å². The Bertz CT molecular complexity index is 622. The van der Waals surface area contributed by atoms with Gasteiger partial charge in [0, 0.05) is 10.9 Å². The quantitative estimate of drug-likeness (QED) is 0.814. The van der Waals surface area contributed by atoms with Gasteiger partial charge in [0.25, 0.3) is 0 Å². The molecule has 106 valence electrons. The molecule has 2 rings (SSSR count). The van der Waals surface area contributed by atoms with E-state index in [1.165, 1.54) is 25.3 Å². The van der Waals surface area contributed by atoms with Crippen LogP contribution in [0.4, 0.5) is 13.2 Å². The van der Waals surface area contributed by atoms with Gasteiger partial charge in [-0.2, -0.15) is 13.2 Å². The number of hydrogen-bond donors (Lipinski definition) is 0. The third kappa shape index (κ3) is 3.16. The van der Waals surface area contributed by atoms with Crippen molar-refractivity contribution >= 4 is 17.3 Å². The number of carbonyl (C=O) groups excluding carboxylic acids is 1. The number of halogens is 3. The van der Waals surface area contributed by atoms with Gasteiger partial charge >= 0.3 is 12.1 Å². The van der Waals surface area contributed by atoms with E-state index in [2.05, 4.69) is 9.72 Å². The number of ether oxygens (including phenoxy) is 1. The van der Waals surface area contributed by atoms with Crippen LogP contribution < -0.4 is 0 Å². The molecule has 20 heavy (non-hydrogen) atoms. The van der Waals surface area contributed by atoms with Crippen LogP contribution in [0.1, 0.15) is 11.3 Å². The van der Waals surface area contributed by atoms with Crippen LogP contribution in [0.15, 0.2) is 29.6 Å². The second-order valence-corrected chi connectivity index (χ2v) is 4.80. The zero-order chi connectivity index (χ0) is 14.8. The van der Waals surface area contributed by atoms with Crippen molar-refractivity contribution in [3.8, 4) is 10.6 Å². The molecule has 0 amide bonds. The smallest absolute Gasteiger partial charge is 0.417 e. The maximum absolute atomic E-state index is 12.9. The molecule has 3 nitrogen and oxygen atoms in total. The van der Waals surface area contributed by atoms with Crippen LogP contribution in [0.5, 0.6) is 0 Å². The van der Waals surface area contributed by atoms with Gasteiger partial charge in [0.1, 0.15) is 5.01 Å². The summed E-state index contributed by atoms with van der Waals surface area (Å²) in [6.07, 6.45) is -4.49. The molecule has 0 N–H and O–H groups in total. The number of methoxy groups -OCH3 is 1. The SMILES string of the molecule is COC(=O)Cc1csc(-c2ccccc2C(F)(F)F)n1. The predicted molar refractivity (Wildman–Crippen MR) is 68.3 cm³/mol. The van der Waals surface area contributed by atoms with Crippen LogP contribution in [0, 0.1) is 0 Å². The fraction of sp³-hybridized carbons (Fsp3) is 0.231. The Morgan fingerprint density at radius 2 is 2.05 bits per heavy atom. The molecular formula is C13H10F3NO2S. The van der Waals surface area contributed by atoms with Crippen LogP contribution in [0.3, 0.4) is 0 Å². The molecule has 0 bridgehead atoms. The Morgan fingerprint density at radius 3 is 2.70 bits per heavy atom. The van der Waals surface area contributed by atoms with Gasteiger partial charge in [0.05, 0.1) is 24.8 Å². The highest BCUT2D eigenvalue weighted by Crippen LogP contribution is 2.37. The van der Waals surface area contributed by atoms with Crippen molar-refractivity contribution < 1.29 is 22.7 Å². The van der Waals surface area contributed by atoms with E-state index in [0.717, 1.165) is 17.4 Å². The number of aromatic nitrogens is 1. The van der Waals surface area contributed by atoms with E-state index in [4.69, 9.17) is 0 Å². The standard InChI is InChI=1S/C13H10F3NO2S/c1-19-11(18)6-8-7-20-12(17-8)9-4-2-3-5-10(9)13(14,15)16/h2-5,7H,6H2,1H3. The van der Waals surface area contributed by atoms with Crippen LogP contribution in [-0.4, -0.2) is 18.1 Å². The number of benzene rings is 1. The molecular weight excluding hydrogens is 291 g/mol. The molecule has 0 aliphatic rings. The van der Waals surface area contributed by atoms with Crippen molar-refractivity contribution in [1.82, 2.24) is 4.98 Å². The highest BCUT2D eigenvalue weighted by Gasteiger charge is 2.34. The molecule has 0 spiro atoms. The summed E-state index contributed by atoms with van der Waals surface area (Å²) in [5.41, 5.74) is -0.325. The van der Waals surface area contributed by atoms with Gasteiger partial charge in [-0.1, -0.05) is 18.2 Å². The van der Waals surface area contributed by atoms with Crippen LogP contribution >= 0.6 is 11.3 Å². The van der Waals surface area contributed by atoms with Crippen molar-refractivity contribution in [2.75, 3.05) is 7.11 Å². The summed E-state index contributed by atoms with van der Waals surface area (Å²) in [6, 6.07) is 5.22. The van der Waals surface area contributed by atoms with Gasteiger partial charge in [0.2, 0.25) is 0 Å². The van der Waals surface area contributed by atoms with E-state index in [9.17, 15) is 18.0 Å². The van der Waals surface area contributed by atoms with Crippen molar-refractivity contribution in [2.45, 2.75) is 12.6 Å². The predicted octanol–water partition coefficient (Wildman–Crippen LogP) is 3.54. The molecule has 0 atom stereocenters. The summed E-state index contributed by atoms with van der Waals surface area (Å²) in [4.78, 5) is 15.2. The summed E-state index contributed by atoms with van der Waals surface area (Å²) in [5.74, 6) is -0.481. The fourth-order valence-corrected chi connectivity index (χ4v) is 2.51. The fourth-order valence-electron chi connectivity index (χ4n) is 1.65. The normalized spacial score (nSPS) is 11.4. The summed E-state index contributed by atoms with van der Waals surface area (Å²) in [5, 5.41) is 1.79. The zero-order valence-electron chi connectivity index (χ0n) is 10.4. The summed E-state index contributed by atoms with van der Waals surface area (Å²) >= 11 is 1.07. The minimum Gasteiger partial charge on any atom is -0.469 e. The largest absolute Gasteiger partial charge is 0.469 e. The Morgan fingerprint density at radius 1 is 1.35 bits per heavy atom. The van der Waals surface area contributed by atoms with Crippen LogP contribution in [0.2, 0.25) is 0 Å². The van der Waals surface area contributed by atoms with Crippen LogP contribution in [-0.2, 0) is 22.1 Å². The summed E-state index contributed by atoms with van der Waals surface area (Å²) in [7, 11) is 1.24. The van der Waals surface area contributed by atoms with E-state index in [1.54, 1.807) is 5.38 Å². The minimum atomic E-state index is -4.44. The van der Waals surface area contributed by atoms with Gasteiger partial charge < -0.3 is 4.74 Å². The number of carbonyl (C=O) groups is 1. The molecule has 0 radical (unpaired) electrons. The molecule has 0 aliphatic carbocycles. The summed E-state index contributed by atoms with van der Waals surface area (Å²) < 4.78 is 43.2. The highest BCUT2D eigenvalue weighted by molar-refractivity contribution is 7.13.